The molecule has 19 heavy (non-hydrogen) atoms. The molecule has 0 spiro atoms. The zero-order chi connectivity index (χ0) is 14.9. The van der Waals surface area contributed by atoms with Crippen LogP contribution in [0.25, 0.3) is 0 Å². The number of hydrogen-bond donors (Lipinski definition) is 1. The van der Waals surface area contributed by atoms with E-state index in [9.17, 15) is 4.79 Å². The summed E-state index contributed by atoms with van der Waals surface area (Å²) in [7, 11) is 1.34. The minimum absolute atomic E-state index is 0.0808. The van der Waals surface area contributed by atoms with Gasteiger partial charge in [0.05, 0.1) is 31.5 Å². The van der Waals surface area contributed by atoms with Crippen LogP contribution in [0.15, 0.2) is 0 Å². The molecule has 1 N–H and O–H groups in total. The van der Waals surface area contributed by atoms with Gasteiger partial charge >= 0.3 is 6.09 Å². The molecule has 0 aromatic rings. The molecular weight excluding hydrogens is 246 g/mol. The number of carbonyl (C=O) groups is 1. The van der Waals surface area contributed by atoms with E-state index in [4.69, 9.17) is 9.47 Å². The average molecular weight is 275 g/mol. The van der Waals surface area contributed by atoms with Gasteiger partial charge in [0.15, 0.2) is 0 Å². The van der Waals surface area contributed by atoms with E-state index in [0.29, 0.717) is 19.8 Å². The molecule has 0 bridgehead atoms. The van der Waals surface area contributed by atoms with Crippen LogP contribution in [0.4, 0.5) is 4.79 Å². The molecule has 0 rings (SSSR count). The molecule has 5 heteroatoms. The lowest BCUT2D eigenvalue weighted by Gasteiger charge is -2.29. The third kappa shape index (κ3) is 9.73. The molecule has 0 fully saturated rings. The molecule has 0 radical (unpaired) electrons. The lowest BCUT2D eigenvalue weighted by molar-refractivity contribution is -0.0719. The molecule has 0 aromatic carbocycles. The largest absolute Gasteiger partial charge is 0.453 e. The minimum Gasteiger partial charge on any atom is -0.453 e. The molecule has 0 aliphatic carbocycles. The van der Waals surface area contributed by atoms with Crippen LogP contribution < -0.4 is 5.32 Å². The molecule has 0 saturated carbocycles. The van der Waals surface area contributed by atoms with E-state index in [0.717, 1.165) is 12.8 Å². The second-order valence-corrected chi connectivity index (χ2v) is 5.74. The van der Waals surface area contributed by atoms with Crippen molar-refractivity contribution < 1.29 is 19.0 Å². The maximum Gasteiger partial charge on any atom is 0.406 e. The predicted octanol–water partition coefficient (Wildman–Crippen LogP) is 2.73. The highest BCUT2D eigenvalue weighted by atomic mass is 16.5. The first-order valence-corrected chi connectivity index (χ1v) is 6.82. The molecule has 114 valence electrons. The maximum atomic E-state index is 10.8. The first kappa shape index (κ1) is 18.2. The van der Waals surface area contributed by atoms with Gasteiger partial charge in [0, 0.05) is 6.54 Å². The highest BCUT2D eigenvalue weighted by molar-refractivity contribution is 5.66. The molecule has 0 aliphatic rings. The minimum atomic E-state index is -0.436. The van der Waals surface area contributed by atoms with E-state index in [2.05, 4.69) is 30.8 Å². The maximum absolute atomic E-state index is 10.8. The van der Waals surface area contributed by atoms with Gasteiger partial charge in [0.1, 0.15) is 0 Å². The standard InChI is InChI=1S/C14H29NO4/c1-7-13(2,3)18-10-8-14(4,5)19-11-9-15-12(16)17-6/h7-11H2,1-6H3,(H,15,16). The quantitative estimate of drug-likeness (QED) is 0.657. The Balaban J connectivity index is 3.77. The zero-order valence-corrected chi connectivity index (χ0v) is 13.2. The van der Waals surface area contributed by atoms with Gasteiger partial charge in [-0.2, -0.15) is 0 Å². The molecule has 0 atom stereocenters. The summed E-state index contributed by atoms with van der Waals surface area (Å²) in [6.45, 7) is 11.9. The van der Waals surface area contributed by atoms with Crippen molar-refractivity contribution >= 4 is 6.09 Å². The summed E-state index contributed by atoms with van der Waals surface area (Å²) in [6.07, 6.45) is 1.36. The molecule has 0 unspecified atom stereocenters. The third-order valence-corrected chi connectivity index (χ3v) is 3.10. The number of amides is 1. The van der Waals surface area contributed by atoms with Gasteiger partial charge in [0.2, 0.25) is 0 Å². The van der Waals surface area contributed by atoms with Gasteiger partial charge in [-0.05, 0) is 40.5 Å². The van der Waals surface area contributed by atoms with Crippen LogP contribution >= 0.6 is 0 Å². The fraction of sp³-hybridized carbons (Fsp3) is 0.929. The van der Waals surface area contributed by atoms with E-state index in [1.54, 1.807) is 0 Å². The van der Waals surface area contributed by atoms with Gasteiger partial charge < -0.3 is 19.5 Å². The lowest BCUT2D eigenvalue weighted by atomic mass is 10.0. The topological polar surface area (TPSA) is 56.8 Å². The molecule has 5 nitrogen and oxygen atoms in total. The van der Waals surface area contributed by atoms with Crippen molar-refractivity contribution in [2.24, 2.45) is 0 Å². The Morgan fingerprint density at radius 1 is 1.05 bits per heavy atom. The van der Waals surface area contributed by atoms with Crippen molar-refractivity contribution in [3.8, 4) is 0 Å². The first-order valence-electron chi connectivity index (χ1n) is 6.82. The van der Waals surface area contributed by atoms with Crippen molar-refractivity contribution in [1.82, 2.24) is 5.32 Å². The van der Waals surface area contributed by atoms with Crippen molar-refractivity contribution in [2.75, 3.05) is 26.9 Å². The van der Waals surface area contributed by atoms with Crippen LogP contribution in [-0.4, -0.2) is 44.2 Å². The second-order valence-electron chi connectivity index (χ2n) is 5.74. The van der Waals surface area contributed by atoms with Crippen molar-refractivity contribution in [1.29, 1.82) is 0 Å². The summed E-state index contributed by atoms with van der Waals surface area (Å²) >= 11 is 0. The van der Waals surface area contributed by atoms with Gasteiger partial charge in [-0.15, -0.1) is 0 Å². The van der Waals surface area contributed by atoms with E-state index >= 15 is 0 Å². The highest BCUT2D eigenvalue weighted by Gasteiger charge is 2.21. The van der Waals surface area contributed by atoms with Crippen LogP contribution in [0.3, 0.4) is 0 Å². The van der Waals surface area contributed by atoms with Crippen LogP contribution in [0, 0.1) is 0 Å². The number of hydrogen-bond acceptors (Lipinski definition) is 4. The smallest absolute Gasteiger partial charge is 0.406 e. The second kappa shape index (κ2) is 8.38. The molecule has 0 aliphatic heterocycles. The molecular formula is C14H29NO4. The van der Waals surface area contributed by atoms with Gasteiger partial charge in [0.25, 0.3) is 0 Å². The normalized spacial score (nSPS) is 12.3. The van der Waals surface area contributed by atoms with Crippen LogP contribution in [0.1, 0.15) is 47.5 Å². The summed E-state index contributed by atoms with van der Waals surface area (Å²) < 4.78 is 16.0. The number of ether oxygens (including phenoxy) is 3. The van der Waals surface area contributed by atoms with E-state index in [1.807, 2.05) is 13.8 Å². The number of rotatable bonds is 9. The Bertz CT molecular complexity index is 264. The first-order chi connectivity index (χ1) is 8.72. The monoisotopic (exact) mass is 275 g/mol. The third-order valence-electron chi connectivity index (χ3n) is 3.10. The van der Waals surface area contributed by atoms with Crippen molar-refractivity contribution in [3.05, 3.63) is 0 Å². The Morgan fingerprint density at radius 3 is 2.16 bits per heavy atom. The van der Waals surface area contributed by atoms with Crippen molar-refractivity contribution in [3.63, 3.8) is 0 Å². The fourth-order valence-electron chi connectivity index (χ4n) is 1.30. The SMILES string of the molecule is CCC(C)(C)OCCC(C)(C)OCCNC(=O)OC. The average Bonchev–Trinajstić information content (AvgIpc) is 2.33. The van der Waals surface area contributed by atoms with E-state index < -0.39 is 6.09 Å². The predicted molar refractivity (Wildman–Crippen MR) is 75.4 cm³/mol. The molecule has 0 aromatic heterocycles. The van der Waals surface area contributed by atoms with Crippen LogP contribution in [0.2, 0.25) is 0 Å². The summed E-state index contributed by atoms with van der Waals surface area (Å²) in [5.41, 5.74) is -0.343. The summed E-state index contributed by atoms with van der Waals surface area (Å²) in [5.74, 6) is 0. The summed E-state index contributed by atoms with van der Waals surface area (Å²) in [4.78, 5) is 10.8. The lowest BCUT2D eigenvalue weighted by Crippen LogP contribution is -2.34. The van der Waals surface area contributed by atoms with Gasteiger partial charge in [-0.3, -0.25) is 0 Å². The van der Waals surface area contributed by atoms with Gasteiger partial charge in [-0.1, -0.05) is 6.92 Å². The van der Waals surface area contributed by atoms with Crippen LogP contribution in [0.5, 0.6) is 0 Å². The Morgan fingerprint density at radius 2 is 1.63 bits per heavy atom. The molecule has 1 amide bonds. The fourth-order valence-corrected chi connectivity index (χ4v) is 1.30. The number of methoxy groups -OCH3 is 1. The van der Waals surface area contributed by atoms with E-state index in [1.165, 1.54) is 7.11 Å². The molecule has 0 heterocycles. The van der Waals surface area contributed by atoms with Gasteiger partial charge in [-0.25, -0.2) is 4.79 Å². The number of nitrogens with one attached hydrogen (secondary N) is 1. The number of carbonyl (C=O) groups excluding carboxylic acids is 1. The van der Waals surface area contributed by atoms with E-state index in [-0.39, 0.29) is 11.2 Å². The highest BCUT2D eigenvalue weighted by Crippen LogP contribution is 2.18. The Hall–Kier alpha value is -0.810. The zero-order valence-electron chi connectivity index (χ0n) is 13.2. The van der Waals surface area contributed by atoms with Crippen molar-refractivity contribution in [2.45, 2.75) is 58.7 Å². The Kier molecular flexibility index (Phi) is 8.02. The Labute approximate surface area is 117 Å². The number of alkyl carbamates (subject to hydrolysis) is 1. The summed E-state index contributed by atoms with van der Waals surface area (Å²) in [5, 5.41) is 2.58. The summed E-state index contributed by atoms with van der Waals surface area (Å²) in [6, 6.07) is 0. The van der Waals surface area contributed by atoms with Crippen LogP contribution in [-0.2, 0) is 14.2 Å². The molecule has 0 saturated heterocycles.